The molecule has 6 heteroatoms. The normalized spacial score (nSPS) is 20.8. The number of aliphatic hydroxyl groups excluding tert-OH is 1. The second-order valence-corrected chi connectivity index (χ2v) is 6.38. The van der Waals surface area contributed by atoms with Crippen molar-refractivity contribution in [3.63, 3.8) is 0 Å². The lowest BCUT2D eigenvalue weighted by Gasteiger charge is -2.25. The number of nitrogens with one attached hydrogen (secondary N) is 2. The quantitative estimate of drug-likeness (QED) is 0.676. The zero-order chi connectivity index (χ0) is 17.5. The molecule has 0 saturated carbocycles. The van der Waals surface area contributed by atoms with E-state index >= 15 is 0 Å². The number of rotatable bonds is 7. The maximum Gasteiger partial charge on any atom is 0.224 e. The van der Waals surface area contributed by atoms with Crippen LogP contribution in [0.3, 0.4) is 0 Å². The first-order chi connectivity index (χ1) is 11.5. The number of carbonyl (C=O) groups excluding carboxylic acids is 2. The summed E-state index contributed by atoms with van der Waals surface area (Å²) in [5.74, 6) is 0.0535. The largest absolute Gasteiger partial charge is 0.392 e. The number of carbonyl (C=O) groups is 2. The highest BCUT2D eigenvalue weighted by Gasteiger charge is 2.31. The highest BCUT2D eigenvalue weighted by atomic mass is 16.3. The van der Waals surface area contributed by atoms with Gasteiger partial charge in [0.1, 0.15) is 0 Å². The second kappa shape index (κ2) is 8.80. The van der Waals surface area contributed by atoms with Crippen LogP contribution in [0.2, 0.25) is 0 Å². The fourth-order valence-corrected chi connectivity index (χ4v) is 3.14. The van der Waals surface area contributed by atoms with Crippen molar-refractivity contribution in [1.82, 2.24) is 15.5 Å². The van der Waals surface area contributed by atoms with Crippen LogP contribution in [0.15, 0.2) is 24.3 Å². The number of hydrogen-bond donors (Lipinski definition) is 3. The zero-order valence-electron chi connectivity index (χ0n) is 14.4. The van der Waals surface area contributed by atoms with E-state index in [1.54, 1.807) is 7.05 Å². The molecule has 1 aliphatic heterocycles. The Morgan fingerprint density at radius 2 is 1.75 bits per heavy atom. The molecule has 2 atom stereocenters. The van der Waals surface area contributed by atoms with Crippen molar-refractivity contribution in [2.45, 2.75) is 44.4 Å². The van der Waals surface area contributed by atoms with E-state index in [2.05, 4.69) is 15.5 Å². The molecule has 0 unspecified atom stereocenters. The van der Waals surface area contributed by atoms with Crippen LogP contribution in [0.5, 0.6) is 0 Å². The predicted molar refractivity (Wildman–Crippen MR) is 92.3 cm³/mol. The summed E-state index contributed by atoms with van der Waals surface area (Å²) in [6, 6.07) is 7.92. The Kier molecular flexibility index (Phi) is 6.75. The molecule has 0 radical (unpaired) electrons. The van der Waals surface area contributed by atoms with Gasteiger partial charge in [-0.25, -0.2) is 0 Å². The average Bonchev–Trinajstić information content (AvgIpc) is 2.93. The van der Waals surface area contributed by atoms with E-state index in [0.717, 1.165) is 24.0 Å². The van der Waals surface area contributed by atoms with Crippen LogP contribution in [-0.2, 0) is 22.6 Å². The van der Waals surface area contributed by atoms with Crippen molar-refractivity contribution >= 4 is 11.8 Å². The summed E-state index contributed by atoms with van der Waals surface area (Å²) in [6.07, 6.45) is 2.81. The van der Waals surface area contributed by atoms with Crippen LogP contribution >= 0.6 is 0 Å². The third kappa shape index (κ3) is 5.04. The average molecular weight is 333 g/mol. The summed E-state index contributed by atoms with van der Waals surface area (Å²) >= 11 is 0. The van der Waals surface area contributed by atoms with E-state index in [1.807, 2.05) is 31.3 Å². The molecule has 1 aromatic carbocycles. The molecular formula is C18H27N3O3. The van der Waals surface area contributed by atoms with Gasteiger partial charge in [-0.2, -0.15) is 0 Å². The Bertz CT molecular complexity index is 559. The molecule has 0 aromatic heterocycles. The van der Waals surface area contributed by atoms with E-state index in [9.17, 15) is 9.59 Å². The number of nitrogens with zero attached hydrogens (tertiary/aromatic N) is 1. The Balaban J connectivity index is 1.76. The number of likely N-dealkylation sites (tertiary alicyclic amines) is 1. The van der Waals surface area contributed by atoms with Crippen molar-refractivity contribution in [2.24, 2.45) is 0 Å². The zero-order valence-corrected chi connectivity index (χ0v) is 14.4. The lowest BCUT2D eigenvalue weighted by Crippen LogP contribution is -2.42. The standard InChI is InChI=1S/C18H27N3O3/c1-19-17(23)10-15-7-8-16(21(15)2)11-20-18(24)9-13-3-5-14(12-22)6-4-13/h3-6,15-16,22H,7-12H2,1-2H3,(H,19,23)(H,20,24)/t15-,16+/m1/s1. The van der Waals surface area contributed by atoms with Crippen molar-refractivity contribution < 1.29 is 14.7 Å². The summed E-state index contributed by atoms with van der Waals surface area (Å²) < 4.78 is 0. The third-order valence-electron chi connectivity index (χ3n) is 4.79. The molecule has 0 spiro atoms. The minimum atomic E-state index is -0.00472. The molecular weight excluding hydrogens is 306 g/mol. The van der Waals surface area contributed by atoms with Crippen molar-refractivity contribution in [3.8, 4) is 0 Å². The van der Waals surface area contributed by atoms with Crippen LogP contribution in [0.1, 0.15) is 30.4 Å². The molecule has 1 aliphatic rings. The Morgan fingerprint density at radius 3 is 2.38 bits per heavy atom. The number of hydrogen-bond acceptors (Lipinski definition) is 4. The van der Waals surface area contributed by atoms with Crippen LogP contribution in [0.4, 0.5) is 0 Å². The fourth-order valence-electron chi connectivity index (χ4n) is 3.14. The van der Waals surface area contributed by atoms with Crippen molar-refractivity contribution in [1.29, 1.82) is 0 Å². The van der Waals surface area contributed by atoms with Gasteiger partial charge in [-0.05, 0) is 31.0 Å². The highest BCUT2D eigenvalue weighted by Crippen LogP contribution is 2.24. The molecule has 1 heterocycles. The van der Waals surface area contributed by atoms with Gasteiger partial charge in [0, 0.05) is 32.1 Å². The van der Waals surface area contributed by atoms with Gasteiger partial charge in [0.05, 0.1) is 13.0 Å². The number of benzene rings is 1. The summed E-state index contributed by atoms with van der Waals surface area (Å²) in [5, 5.41) is 14.7. The molecule has 1 aromatic rings. The summed E-state index contributed by atoms with van der Waals surface area (Å²) in [5.41, 5.74) is 1.77. The minimum Gasteiger partial charge on any atom is -0.392 e. The first-order valence-electron chi connectivity index (χ1n) is 8.41. The number of likely N-dealkylation sites (N-methyl/N-ethyl adjacent to an activating group) is 1. The third-order valence-corrected chi connectivity index (χ3v) is 4.79. The van der Waals surface area contributed by atoms with Crippen LogP contribution in [-0.4, -0.2) is 54.5 Å². The van der Waals surface area contributed by atoms with E-state index < -0.39 is 0 Å². The van der Waals surface area contributed by atoms with Gasteiger partial charge in [-0.3, -0.25) is 14.5 Å². The van der Waals surface area contributed by atoms with Gasteiger partial charge in [-0.1, -0.05) is 24.3 Å². The SMILES string of the molecule is CNC(=O)C[C@H]1CC[C@@H](CNC(=O)Cc2ccc(CO)cc2)N1C. The highest BCUT2D eigenvalue weighted by molar-refractivity contribution is 5.78. The van der Waals surface area contributed by atoms with E-state index in [0.29, 0.717) is 19.4 Å². The molecule has 2 rings (SSSR count). The topological polar surface area (TPSA) is 81.7 Å². The molecule has 0 bridgehead atoms. The molecule has 0 aliphatic carbocycles. The maximum absolute atomic E-state index is 12.1. The number of amides is 2. The molecule has 1 saturated heterocycles. The van der Waals surface area contributed by atoms with Gasteiger partial charge in [0.25, 0.3) is 0 Å². The first kappa shape index (κ1) is 18.4. The Labute approximate surface area is 143 Å². The Morgan fingerprint density at radius 1 is 1.12 bits per heavy atom. The van der Waals surface area contributed by atoms with Crippen molar-refractivity contribution in [2.75, 3.05) is 20.6 Å². The van der Waals surface area contributed by atoms with E-state index in [4.69, 9.17) is 5.11 Å². The minimum absolute atomic E-state index is 0.00472. The summed E-state index contributed by atoms with van der Waals surface area (Å²) in [6.45, 7) is 0.617. The fraction of sp³-hybridized carbons (Fsp3) is 0.556. The van der Waals surface area contributed by atoms with Crippen molar-refractivity contribution in [3.05, 3.63) is 35.4 Å². The Hall–Kier alpha value is -1.92. The van der Waals surface area contributed by atoms with Gasteiger partial charge in [-0.15, -0.1) is 0 Å². The van der Waals surface area contributed by atoms with E-state index in [-0.39, 0.29) is 30.5 Å². The lowest BCUT2D eigenvalue weighted by molar-refractivity contribution is -0.122. The van der Waals surface area contributed by atoms with Gasteiger partial charge in [0.15, 0.2) is 0 Å². The monoisotopic (exact) mass is 333 g/mol. The smallest absolute Gasteiger partial charge is 0.224 e. The van der Waals surface area contributed by atoms with Gasteiger partial charge < -0.3 is 15.7 Å². The predicted octanol–water partition coefficient (Wildman–Crippen LogP) is 0.437. The molecule has 1 fully saturated rings. The molecule has 2 amide bonds. The first-order valence-corrected chi connectivity index (χ1v) is 8.41. The summed E-state index contributed by atoms with van der Waals surface area (Å²) in [4.78, 5) is 25.8. The summed E-state index contributed by atoms with van der Waals surface area (Å²) in [7, 11) is 3.67. The lowest BCUT2D eigenvalue weighted by atomic mass is 10.1. The number of aliphatic hydroxyl groups is 1. The van der Waals surface area contributed by atoms with E-state index in [1.165, 1.54) is 0 Å². The van der Waals surface area contributed by atoms with Crippen LogP contribution in [0, 0.1) is 0 Å². The van der Waals surface area contributed by atoms with Crippen LogP contribution in [0.25, 0.3) is 0 Å². The molecule has 132 valence electrons. The molecule has 3 N–H and O–H groups in total. The molecule has 6 nitrogen and oxygen atoms in total. The van der Waals surface area contributed by atoms with Crippen LogP contribution < -0.4 is 10.6 Å². The second-order valence-electron chi connectivity index (χ2n) is 6.38. The molecule has 24 heavy (non-hydrogen) atoms. The van der Waals surface area contributed by atoms with Gasteiger partial charge >= 0.3 is 0 Å². The van der Waals surface area contributed by atoms with Gasteiger partial charge in [0.2, 0.25) is 11.8 Å². The maximum atomic E-state index is 12.1.